The van der Waals surface area contributed by atoms with E-state index in [0.29, 0.717) is 30.5 Å². The number of carbonyl (C=O) groups is 1. The van der Waals surface area contributed by atoms with Crippen LogP contribution < -0.4 is 9.47 Å². The first-order valence-electron chi connectivity index (χ1n) is 7.96. The third kappa shape index (κ3) is 2.81. The van der Waals surface area contributed by atoms with Crippen molar-refractivity contribution < 1.29 is 14.3 Å². The summed E-state index contributed by atoms with van der Waals surface area (Å²) in [6, 6.07) is 3.63. The van der Waals surface area contributed by atoms with E-state index in [1.165, 1.54) is 14.2 Å². The first kappa shape index (κ1) is 16.3. The maximum absolute atomic E-state index is 12.7. The van der Waals surface area contributed by atoms with Crippen LogP contribution in [0.2, 0.25) is 0 Å². The Bertz CT molecular complexity index is 735. The molecule has 1 fully saturated rings. The predicted molar refractivity (Wildman–Crippen MR) is 88.6 cm³/mol. The molecule has 0 radical (unpaired) electrons. The third-order valence-corrected chi connectivity index (χ3v) is 4.23. The van der Waals surface area contributed by atoms with E-state index in [0.717, 1.165) is 5.82 Å². The van der Waals surface area contributed by atoms with Crippen molar-refractivity contribution in [3.63, 3.8) is 0 Å². The molecule has 7 heteroatoms. The molecule has 0 aliphatic carbocycles. The Kier molecular flexibility index (Phi) is 4.42. The predicted octanol–water partition coefficient (Wildman–Crippen LogP) is 2.12. The van der Waals surface area contributed by atoms with Crippen LogP contribution in [-0.4, -0.2) is 52.7 Å². The zero-order valence-corrected chi connectivity index (χ0v) is 14.4. The molecule has 1 aliphatic rings. The van der Waals surface area contributed by atoms with Gasteiger partial charge >= 0.3 is 0 Å². The number of methoxy groups -OCH3 is 2. The summed E-state index contributed by atoms with van der Waals surface area (Å²) in [5.41, 5.74) is 0.450. The van der Waals surface area contributed by atoms with Crippen LogP contribution in [0.4, 0.5) is 0 Å². The van der Waals surface area contributed by atoms with E-state index < -0.39 is 0 Å². The highest BCUT2D eigenvalue weighted by Gasteiger charge is 2.35. The van der Waals surface area contributed by atoms with Crippen molar-refractivity contribution in [3.8, 4) is 11.8 Å². The van der Waals surface area contributed by atoms with Gasteiger partial charge < -0.3 is 18.9 Å². The normalized spacial score (nSPS) is 14.6. The maximum Gasteiger partial charge on any atom is 0.259 e. The number of aromatic nitrogens is 3. The van der Waals surface area contributed by atoms with E-state index in [-0.39, 0.29) is 17.8 Å². The van der Waals surface area contributed by atoms with Crippen LogP contribution in [0, 0.1) is 0 Å². The molecule has 0 saturated carbocycles. The molecule has 1 amide bonds. The number of carbonyl (C=O) groups excluding carboxylic acids is 1. The molecule has 2 aromatic heterocycles. The van der Waals surface area contributed by atoms with E-state index in [4.69, 9.17) is 9.47 Å². The molecule has 0 bridgehead atoms. The lowest BCUT2D eigenvalue weighted by molar-refractivity contribution is 0.0511. The van der Waals surface area contributed by atoms with Crippen molar-refractivity contribution in [2.24, 2.45) is 0 Å². The fourth-order valence-electron chi connectivity index (χ4n) is 2.90. The molecule has 3 heterocycles. The van der Waals surface area contributed by atoms with Crippen molar-refractivity contribution >= 4 is 5.91 Å². The highest BCUT2D eigenvalue weighted by Crippen LogP contribution is 2.29. The quantitative estimate of drug-likeness (QED) is 0.840. The Morgan fingerprint density at radius 3 is 2.62 bits per heavy atom. The second-order valence-corrected chi connectivity index (χ2v) is 6.12. The number of rotatable bonds is 5. The SMILES string of the molecule is COc1ccc(C(=O)N2CC(n3ccnc3C(C)C)C2)c(OC)n1. The van der Waals surface area contributed by atoms with Gasteiger partial charge in [-0.3, -0.25) is 4.79 Å². The van der Waals surface area contributed by atoms with Crippen molar-refractivity contribution in [1.29, 1.82) is 0 Å². The average molecular weight is 330 g/mol. The van der Waals surface area contributed by atoms with Crippen molar-refractivity contribution in [1.82, 2.24) is 19.4 Å². The van der Waals surface area contributed by atoms with E-state index in [2.05, 4.69) is 28.4 Å². The van der Waals surface area contributed by atoms with Crippen molar-refractivity contribution in [3.05, 3.63) is 35.9 Å². The number of likely N-dealkylation sites (tertiary alicyclic amines) is 1. The number of ether oxygens (including phenoxy) is 2. The monoisotopic (exact) mass is 330 g/mol. The standard InChI is InChI=1S/C17H22N4O3/c1-11(2)15-18-7-8-21(15)12-9-20(10-12)17(22)13-5-6-14(23-3)19-16(13)24-4/h5-8,11-12H,9-10H2,1-4H3. The summed E-state index contributed by atoms with van der Waals surface area (Å²) >= 11 is 0. The summed E-state index contributed by atoms with van der Waals surface area (Å²) in [6.07, 6.45) is 3.80. The Balaban J connectivity index is 1.72. The van der Waals surface area contributed by atoms with Gasteiger partial charge in [-0.1, -0.05) is 13.8 Å². The van der Waals surface area contributed by atoms with Gasteiger partial charge in [-0.2, -0.15) is 4.98 Å². The lowest BCUT2D eigenvalue weighted by Gasteiger charge is -2.40. The Labute approximate surface area is 141 Å². The van der Waals surface area contributed by atoms with Gasteiger partial charge in [0.05, 0.1) is 20.3 Å². The van der Waals surface area contributed by atoms with Gasteiger partial charge in [0, 0.05) is 37.5 Å². The fraction of sp³-hybridized carbons (Fsp3) is 0.471. The Morgan fingerprint density at radius 2 is 2.00 bits per heavy atom. The summed E-state index contributed by atoms with van der Waals surface area (Å²) in [6.45, 7) is 5.55. The highest BCUT2D eigenvalue weighted by molar-refractivity contribution is 5.97. The number of nitrogens with zero attached hydrogens (tertiary/aromatic N) is 4. The van der Waals surface area contributed by atoms with Crippen LogP contribution in [0.25, 0.3) is 0 Å². The minimum Gasteiger partial charge on any atom is -0.481 e. The smallest absolute Gasteiger partial charge is 0.259 e. The lowest BCUT2D eigenvalue weighted by Crippen LogP contribution is -2.51. The summed E-state index contributed by atoms with van der Waals surface area (Å²) < 4.78 is 12.5. The van der Waals surface area contributed by atoms with Crippen LogP contribution in [-0.2, 0) is 0 Å². The molecule has 0 unspecified atom stereocenters. The highest BCUT2D eigenvalue weighted by atomic mass is 16.5. The van der Waals surface area contributed by atoms with Gasteiger partial charge in [0.1, 0.15) is 11.4 Å². The van der Waals surface area contributed by atoms with Crippen LogP contribution in [0.1, 0.15) is 42.0 Å². The number of amides is 1. The molecule has 0 aromatic carbocycles. The van der Waals surface area contributed by atoms with Crippen LogP contribution in [0.15, 0.2) is 24.5 Å². The first-order chi connectivity index (χ1) is 11.5. The largest absolute Gasteiger partial charge is 0.481 e. The third-order valence-electron chi connectivity index (χ3n) is 4.23. The molecule has 0 atom stereocenters. The lowest BCUT2D eigenvalue weighted by atomic mass is 10.1. The molecule has 1 saturated heterocycles. The van der Waals surface area contributed by atoms with Crippen LogP contribution in [0.3, 0.4) is 0 Å². The van der Waals surface area contributed by atoms with Gasteiger partial charge in [0.15, 0.2) is 0 Å². The van der Waals surface area contributed by atoms with Crippen molar-refractivity contribution in [2.75, 3.05) is 27.3 Å². The van der Waals surface area contributed by atoms with Gasteiger partial charge in [-0.15, -0.1) is 0 Å². The molecule has 7 nitrogen and oxygen atoms in total. The summed E-state index contributed by atoms with van der Waals surface area (Å²) in [4.78, 5) is 23.1. The maximum atomic E-state index is 12.7. The van der Waals surface area contributed by atoms with E-state index in [9.17, 15) is 4.79 Å². The molecule has 2 aromatic rings. The molecule has 0 spiro atoms. The molecule has 1 aliphatic heterocycles. The minimum atomic E-state index is -0.0792. The summed E-state index contributed by atoms with van der Waals surface area (Å²) in [7, 11) is 3.03. The van der Waals surface area contributed by atoms with Crippen molar-refractivity contribution in [2.45, 2.75) is 25.8 Å². The molecule has 3 rings (SSSR count). The molecule has 24 heavy (non-hydrogen) atoms. The Hall–Kier alpha value is -2.57. The first-order valence-corrected chi connectivity index (χ1v) is 7.96. The van der Waals surface area contributed by atoms with Gasteiger partial charge in [-0.05, 0) is 6.07 Å². The average Bonchev–Trinajstić information content (AvgIpc) is 3.02. The van der Waals surface area contributed by atoms with E-state index in [1.807, 2.05) is 12.4 Å². The number of imidazole rings is 1. The van der Waals surface area contributed by atoms with Gasteiger partial charge in [-0.25, -0.2) is 4.98 Å². The van der Waals surface area contributed by atoms with Gasteiger partial charge in [0.2, 0.25) is 11.8 Å². The van der Waals surface area contributed by atoms with E-state index >= 15 is 0 Å². The van der Waals surface area contributed by atoms with Gasteiger partial charge in [0.25, 0.3) is 5.91 Å². The number of hydrogen-bond donors (Lipinski definition) is 0. The zero-order valence-electron chi connectivity index (χ0n) is 14.4. The molecular formula is C17H22N4O3. The minimum absolute atomic E-state index is 0.0792. The fourth-order valence-corrected chi connectivity index (χ4v) is 2.90. The number of pyridine rings is 1. The Morgan fingerprint density at radius 1 is 1.25 bits per heavy atom. The molecule has 0 N–H and O–H groups in total. The number of hydrogen-bond acceptors (Lipinski definition) is 5. The summed E-state index contributed by atoms with van der Waals surface area (Å²) in [5.74, 6) is 2.04. The zero-order chi connectivity index (χ0) is 17.3. The summed E-state index contributed by atoms with van der Waals surface area (Å²) in [5, 5.41) is 0. The van der Waals surface area contributed by atoms with Crippen LogP contribution in [0.5, 0.6) is 11.8 Å². The molecule has 128 valence electrons. The van der Waals surface area contributed by atoms with E-state index in [1.54, 1.807) is 17.0 Å². The topological polar surface area (TPSA) is 69.5 Å². The molecular weight excluding hydrogens is 308 g/mol. The second-order valence-electron chi connectivity index (χ2n) is 6.12. The second kappa shape index (κ2) is 6.51. The van der Waals surface area contributed by atoms with Crippen LogP contribution >= 0.6 is 0 Å².